The van der Waals surface area contributed by atoms with E-state index in [1.165, 1.54) is 6.08 Å². The monoisotopic (exact) mass is 509 g/mol. The van der Waals surface area contributed by atoms with Crippen molar-refractivity contribution in [2.45, 2.75) is 46.1 Å². The largest absolute Gasteiger partial charge is 0.373 e. The number of fused-ring (bicyclic) bond motifs is 2. The van der Waals surface area contributed by atoms with E-state index in [2.05, 4.69) is 52.2 Å². The van der Waals surface area contributed by atoms with Crippen LogP contribution in [-0.2, 0) is 9.53 Å². The second-order valence-electron chi connectivity index (χ2n) is 10.1. The molecule has 0 radical (unpaired) electrons. The smallest absolute Gasteiger partial charge is 0.236 e. The van der Waals surface area contributed by atoms with Crippen LogP contribution in [0.15, 0.2) is 42.2 Å². The first-order chi connectivity index (χ1) is 17.9. The second kappa shape index (κ2) is 10.7. The molecule has 1 aliphatic carbocycles. The van der Waals surface area contributed by atoms with Gasteiger partial charge in [-0.15, -0.1) is 10.2 Å². The predicted octanol–water partition coefficient (Wildman–Crippen LogP) is 3.47. The molecule has 2 aliphatic heterocycles. The molecule has 0 spiro atoms. The number of amides is 1. The fraction of sp³-hybridized carbons (Fsp3) is 0.556. The molecular formula is C27H36FN7O2. The Labute approximate surface area is 217 Å². The molecule has 5 rings (SSSR count). The summed E-state index contributed by atoms with van der Waals surface area (Å²) in [7, 11) is 0. The van der Waals surface area contributed by atoms with Crippen LogP contribution in [0.25, 0.3) is 11.2 Å². The molecule has 2 aromatic heterocycles. The Morgan fingerprint density at radius 1 is 1.32 bits per heavy atom. The number of rotatable bonds is 8. The summed E-state index contributed by atoms with van der Waals surface area (Å²) in [5, 5.41) is 11.8. The lowest BCUT2D eigenvalue weighted by Gasteiger charge is -2.34. The molecule has 0 bridgehead atoms. The van der Waals surface area contributed by atoms with E-state index in [9.17, 15) is 9.18 Å². The molecule has 0 saturated carbocycles. The van der Waals surface area contributed by atoms with Gasteiger partial charge in [0, 0.05) is 43.4 Å². The zero-order chi connectivity index (χ0) is 26.0. The summed E-state index contributed by atoms with van der Waals surface area (Å²) in [5.41, 5.74) is 3.05. The van der Waals surface area contributed by atoms with Crippen molar-refractivity contribution >= 4 is 23.1 Å². The van der Waals surface area contributed by atoms with Gasteiger partial charge in [-0.25, -0.2) is 9.37 Å². The standard InChI is InChI=1S/C27H36FN7O2/c1-4-33(5-2)17-24(36)34-12-6-7-19(10-13-34)20-15-29-26(35-18-31-32-25(20)35)30-16-21-22(28)8-9-23-27(21,3)11-14-37-23/h7-9,15,18,23H,4-6,10-14,16-17H2,1-3H3,(H,29,30). The van der Waals surface area contributed by atoms with Gasteiger partial charge in [-0.05, 0) is 49.6 Å². The SMILES string of the molecule is CCN(CC)CC(=O)N1CCC=C(c2cnc(NCC3=C(F)C=CC4OCCC34C)n3cnnc23)CC1. The van der Waals surface area contributed by atoms with Gasteiger partial charge >= 0.3 is 0 Å². The Hall–Kier alpha value is -3.11. The first-order valence-corrected chi connectivity index (χ1v) is 13.3. The maximum Gasteiger partial charge on any atom is 0.236 e. The average molecular weight is 510 g/mol. The number of allylic oxidation sites excluding steroid dienone is 2. The van der Waals surface area contributed by atoms with Crippen LogP contribution in [0, 0.1) is 5.41 Å². The number of ether oxygens (including phenoxy) is 1. The van der Waals surface area contributed by atoms with Gasteiger partial charge in [0.2, 0.25) is 11.9 Å². The zero-order valence-corrected chi connectivity index (χ0v) is 21.9. The van der Waals surface area contributed by atoms with Crippen LogP contribution < -0.4 is 5.32 Å². The Kier molecular flexibility index (Phi) is 7.39. The van der Waals surface area contributed by atoms with Gasteiger partial charge in [0.25, 0.3) is 0 Å². The average Bonchev–Trinajstić information content (AvgIpc) is 3.47. The molecular weight excluding hydrogens is 473 g/mol. The molecule has 2 aromatic rings. The molecule has 1 fully saturated rings. The summed E-state index contributed by atoms with van der Waals surface area (Å²) in [5.74, 6) is 0.520. The molecule has 198 valence electrons. The van der Waals surface area contributed by atoms with Crippen molar-refractivity contribution in [3.8, 4) is 0 Å². The number of carbonyl (C=O) groups excluding carboxylic acids is 1. The van der Waals surface area contributed by atoms with E-state index >= 15 is 0 Å². The molecule has 0 aromatic carbocycles. The van der Waals surface area contributed by atoms with Gasteiger partial charge in [-0.1, -0.05) is 32.9 Å². The highest BCUT2D eigenvalue weighted by molar-refractivity contribution is 5.80. The zero-order valence-electron chi connectivity index (χ0n) is 21.9. The summed E-state index contributed by atoms with van der Waals surface area (Å²) in [6.45, 7) is 10.7. The fourth-order valence-electron chi connectivity index (χ4n) is 5.59. The normalized spacial score (nSPS) is 24.0. The van der Waals surface area contributed by atoms with E-state index in [0.29, 0.717) is 50.0 Å². The van der Waals surface area contributed by atoms with E-state index in [1.807, 2.05) is 15.4 Å². The quantitative estimate of drug-likeness (QED) is 0.583. The van der Waals surface area contributed by atoms with Gasteiger partial charge in [0.1, 0.15) is 12.2 Å². The molecule has 2 unspecified atom stereocenters. The summed E-state index contributed by atoms with van der Waals surface area (Å²) in [6, 6.07) is 0. The number of hydrogen-bond acceptors (Lipinski definition) is 7. The first-order valence-electron chi connectivity index (χ1n) is 13.3. The third kappa shape index (κ3) is 4.92. The van der Waals surface area contributed by atoms with Crippen molar-refractivity contribution in [2.75, 3.05) is 51.2 Å². The number of carbonyl (C=O) groups is 1. The molecule has 1 N–H and O–H groups in total. The summed E-state index contributed by atoms with van der Waals surface area (Å²) in [6.07, 6.45) is 11.1. The van der Waals surface area contributed by atoms with E-state index in [1.54, 1.807) is 12.5 Å². The molecule has 1 amide bonds. The highest BCUT2D eigenvalue weighted by Gasteiger charge is 2.44. The van der Waals surface area contributed by atoms with Crippen molar-refractivity contribution in [3.63, 3.8) is 0 Å². The van der Waals surface area contributed by atoms with E-state index in [4.69, 9.17) is 4.74 Å². The lowest BCUT2D eigenvalue weighted by atomic mass is 9.73. The Morgan fingerprint density at radius 3 is 2.97 bits per heavy atom. The maximum atomic E-state index is 14.8. The predicted molar refractivity (Wildman–Crippen MR) is 141 cm³/mol. The van der Waals surface area contributed by atoms with Crippen molar-refractivity contribution in [3.05, 3.63) is 47.7 Å². The fourth-order valence-corrected chi connectivity index (χ4v) is 5.59. The molecule has 37 heavy (non-hydrogen) atoms. The number of aromatic nitrogens is 4. The minimum absolute atomic E-state index is 0.102. The second-order valence-corrected chi connectivity index (χ2v) is 10.1. The van der Waals surface area contributed by atoms with Gasteiger partial charge in [0.15, 0.2) is 5.65 Å². The Bertz CT molecular complexity index is 1250. The Balaban J connectivity index is 1.30. The highest BCUT2D eigenvalue weighted by Crippen LogP contribution is 2.46. The van der Waals surface area contributed by atoms with E-state index in [-0.39, 0.29) is 23.3 Å². The molecule has 2 atom stereocenters. The van der Waals surface area contributed by atoms with Gasteiger partial charge in [-0.3, -0.25) is 14.1 Å². The molecule has 3 aliphatic rings. The van der Waals surface area contributed by atoms with Gasteiger partial charge in [0.05, 0.1) is 12.6 Å². The van der Waals surface area contributed by atoms with Crippen LogP contribution >= 0.6 is 0 Å². The summed E-state index contributed by atoms with van der Waals surface area (Å²) >= 11 is 0. The molecule has 4 heterocycles. The maximum absolute atomic E-state index is 14.8. The number of nitrogens with one attached hydrogen (secondary N) is 1. The topological polar surface area (TPSA) is 87.9 Å². The highest BCUT2D eigenvalue weighted by atomic mass is 19.1. The number of anilines is 1. The first kappa shape index (κ1) is 25.5. The van der Waals surface area contributed by atoms with Crippen LogP contribution in [-0.4, -0.2) is 87.3 Å². The van der Waals surface area contributed by atoms with Crippen LogP contribution in [0.5, 0.6) is 0 Å². The number of likely N-dealkylation sites (N-methyl/N-ethyl adjacent to an activating group) is 1. The van der Waals surface area contributed by atoms with Crippen LogP contribution in [0.1, 0.15) is 45.6 Å². The van der Waals surface area contributed by atoms with Crippen molar-refractivity contribution in [1.82, 2.24) is 29.4 Å². The number of nitrogens with zero attached hydrogens (tertiary/aromatic N) is 6. The lowest BCUT2D eigenvalue weighted by molar-refractivity contribution is -0.132. The van der Waals surface area contributed by atoms with E-state index < -0.39 is 0 Å². The van der Waals surface area contributed by atoms with E-state index in [0.717, 1.165) is 43.5 Å². The van der Waals surface area contributed by atoms with Crippen molar-refractivity contribution < 1.29 is 13.9 Å². The van der Waals surface area contributed by atoms with Gasteiger partial charge in [-0.2, -0.15) is 0 Å². The minimum atomic E-state index is -0.363. The van der Waals surface area contributed by atoms with Gasteiger partial charge < -0.3 is 15.0 Å². The van der Waals surface area contributed by atoms with Crippen LogP contribution in [0.3, 0.4) is 0 Å². The third-order valence-corrected chi connectivity index (χ3v) is 8.09. The lowest BCUT2D eigenvalue weighted by Crippen LogP contribution is -2.40. The number of halogens is 1. The third-order valence-electron chi connectivity index (χ3n) is 8.09. The summed E-state index contributed by atoms with van der Waals surface area (Å²) in [4.78, 5) is 21.6. The van der Waals surface area contributed by atoms with Crippen molar-refractivity contribution in [1.29, 1.82) is 0 Å². The van der Waals surface area contributed by atoms with Crippen molar-refractivity contribution in [2.24, 2.45) is 5.41 Å². The van der Waals surface area contributed by atoms with Crippen LogP contribution in [0.2, 0.25) is 0 Å². The minimum Gasteiger partial charge on any atom is -0.373 e. The Morgan fingerprint density at radius 2 is 2.16 bits per heavy atom. The molecule has 10 heteroatoms. The molecule has 1 saturated heterocycles. The summed E-state index contributed by atoms with van der Waals surface area (Å²) < 4.78 is 22.5. The van der Waals surface area contributed by atoms with Crippen LogP contribution in [0.4, 0.5) is 10.3 Å². The number of hydrogen-bond donors (Lipinski definition) is 1. The molecule has 9 nitrogen and oxygen atoms in total.